The minimum Gasteiger partial charge on any atom is -0.381 e. The molecular weight excluding hydrogens is 493 g/mol. The molecule has 1 amide bonds. The number of benzene rings is 2. The van der Waals surface area contributed by atoms with Crippen molar-refractivity contribution in [2.75, 3.05) is 49.6 Å². The molecule has 1 unspecified atom stereocenters. The van der Waals surface area contributed by atoms with E-state index in [9.17, 15) is 18.0 Å². The van der Waals surface area contributed by atoms with Gasteiger partial charge in [-0.1, -0.05) is 12.1 Å². The number of aryl methyl sites for hydroxylation is 1. The summed E-state index contributed by atoms with van der Waals surface area (Å²) in [5.41, 5.74) is 3.72. The molecule has 38 heavy (non-hydrogen) atoms. The number of piperazine rings is 1. The third-order valence-corrected chi connectivity index (χ3v) is 7.68. The molecule has 2 aromatic carbocycles. The van der Waals surface area contributed by atoms with E-state index in [1.807, 2.05) is 36.9 Å². The van der Waals surface area contributed by atoms with Gasteiger partial charge in [-0.25, -0.2) is 0 Å². The summed E-state index contributed by atoms with van der Waals surface area (Å²) in [5, 5.41) is 4.36. The average molecular weight is 527 g/mol. The van der Waals surface area contributed by atoms with E-state index in [1.165, 1.54) is 13.0 Å². The first-order valence-corrected chi connectivity index (χ1v) is 13.1. The highest BCUT2D eigenvalue weighted by molar-refractivity contribution is 5.94. The van der Waals surface area contributed by atoms with E-state index >= 15 is 0 Å². The fraction of sp³-hybridized carbons (Fsp3) is 0.448. The molecular formula is C29H33F3N4O2. The Balaban J connectivity index is 1.37. The second-order valence-corrected chi connectivity index (χ2v) is 10.3. The van der Waals surface area contributed by atoms with Crippen LogP contribution in [0.15, 0.2) is 42.5 Å². The number of rotatable bonds is 5. The van der Waals surface area contributed by atoms with Crippen molar-refractivity contribution in [3.05, 3.63) is 64.8 Å². The van der Waals surface area contributed by atoms with Crippen LogP contribution in [0.5, 0.6) is 0 Å². The molecule has 1 N–H and O–H groups in total. The predicted octanol–water partition coefficient (Wildman–Crippen LogP) is 5.73. The van der Waals surface area contributed by atoms with Crippen molar-refractivity contribution in [1.82, 2.24) is 9.88 Å². The summed E-state index contributed by atoms with van der Waals surface area (Å²) in [4.78, 5) is 21.6. The van der Waals surface area contributed by atoms with Crippen molar-refractivity contribution in [1.29, 1.82) is 0 Å². The molecule has 2 fully saturated rings. The third-order valence-electron chi connectivity index (χ3n) is 7.68. The zero-order valence-electron chi connectivity index (χ0n) is 21.9. The van der Waals surface area contributed by atoms with E-state index in [4.69, 9.17) is 4.74 Å². The quantitative estimate of drug-likeness (QED) is 0.460. The van der Waals surface area contributed by atoms with Gasteiger partial charge < -0.3 is 19.9 Å². The number of carbonyl (C=O) groups is 1. The number of fused-ring (bicyclic) bond motifs is 1. The Bertz CT molecular complexity index is 1330. The number of alkyl halides is 3. The Morgan fingerprint density at radius 3 is 2.55 bits per heavy atom. The normalized spacial score (nSPS) is 19.2. The zero-order valence-corrected chi connectivity index (χ0v) is 21.9. The van der Waals surface area contributed by atoms with E-state index in [0.29, 0.717) is 31.9 Å². The lowest BCUT2D eigenvalue weighted by molar-refractivity contribution is -0.138. The molecule has 2 aliphatic heterocycles. The van der Waals surface area contributed by atoms with Crippen molar-refractivity contribution in [3.8, 4) is 0 Å². The van der Waals surface area contributed by atoms with Crippen LogP contribution in [0.25, 0.3) is 10.9 Å². The molecule has 9 heteroatoms. The highest BCUT2D eigenvalue weighted by Gasteiger charge is 2.33. The number of amides is 1. The fourth-order valence-corrected chi connectivity index (χ4v) is 5.58. The molecule has 0 bridgehead atoms. The van der Waals surface area contributed by atoms with Crippen LogP contribution in [-0.4, -0.2) is 55.2 Å². The van der Waals surface area contributed by atoms with Crippen LogP contribution in [0.3, 0.4) is 0 Å². The Morgan fingerprint density at radius 1 is 1.11 bits per heavy atom. The maximum absolute atomic E-state index is 13.5. The summed E-state index contributed by atoms with van der Waals surface area (Å²) < 4.78 is 45.8. The number of aromatic nitrogens is 1. The van der Waals surface area contributed by atoms with Gasteiger partial charge in [0.25, 0.3) is 0 Å². The summed E-state index contributed by atoms with van der Waals surface area (Å²) in [5.74, 6) is 0.165. The van der Waals surface area contributed by atoms with Crippen LogP contribution in [0, 0.1) is 19.8 Å². The maximum atomic E-state index is 13.5. The summed E-state index contributed by atoms with van der Waals surface area (Å²) in [7, 11) is 0. The van der Waals surface area contributed by atoms with Crippen LogP contribution in [0.4, 0.5) is 24.5 Å². The number of carbonyl (C=O) groups excluding carboxylic acids is 1. The molecule has 0 spiro atoms. The van der Waals surface area contributed by atoms with Gasteiger partial charge in [-0.2, -0.15) is 13.2 Å². The van der Waals surface area contributed by atoms with Gasteiger partial charge in [0.2, 0.25) is 5.91 Å². The number of hydrogen-bond acceptors (Lipinski definition) is 5. The van der Waals surface area contributed by atoms with Crippen LogP contribution in [0.2, 0.25) is 0 Å². The SMILES string of the molecule is Cc1cc(N[C@H](C)c2cccc(C(F)(F)F)c2C)c2cc(N3CCN(C(=O)C4CCOC4)CC3)ccc2n1. The fourth-order valence-electron chi connectivity index (χ4n) is 5.58. The molecule has 3 aromatic rings. The second-order valence-electron chi connectivity index (χ2n) is 10.3. The standard InChI is InChI=1S/C29H33F3N4O2/c1-18-15-27(34-20(3)23-5-4-6-25(19(23)2)29(30,31)32)24-16-22(7-8-26(24)33-18)35-10-12-36(13-11-35)28(37)21-9-14-38-17-21/h4-8,15-16,20-21H,9-14,17H2,1-3H3,(H,33,34)/t20-,21?/m1/s1. The Hall–Kier alpha value is -3.33. The van der Waals surface area contributed by atoms with E-state index in [2.05, 4.69) is 21.3 Å². The highest BCUT2D eigenvalue weighted by atomic mass is 19.4. The molecule has 2 atom stereocenters. The van der Waals surface area contributed by atoms with Crippen molar-refractivity contribution in [2.45, 2.75) is 39.4 Å². The summed E-state index contributed by atoms with van der Waals surface area (Å²) in [6.07, 6.45) is -3.60. The number of hydrogen-bond donors (Lipinski definition) is 1. The number of nitrogens with zero attached hydrogens (tertiary/aromatic N) is 3. The molecule has 0 aliphatic carbocycles. The highest BCUT2D eigenvalue weighted by Crippen LogP contribution is 2.36. The molecule has 6 nitrogen and oxygen atoms in total. The van der Waals surface area contributed by atoms with E-state index in [-0.39, 0.29) is 23.4 Å². The first-order chi connectivity index (χ1) is 18.1. The summed E-state index contributed by atoms with van der Waals surface area (Å²) >= 11 is 0. The number of halogens is 3. The van der Waals surface area contributed by atoms with E-state index in [1.54, 1.807) is 6.07 Å². The van der Waals surface area contributed by atoms with Gasteiger partial charge >= 0.3 is 6.18 Å². The largest absolute Gasteiger partial charge is 0.416 e. The minimum absolute atomic E-state index is 0.0207. The Labute approximate surface area is 220 Å². The monoisotopic (exact) mass is 526 g/mol. The number of nitrogens with one attached hydrogen (secondary N) is 1. The molecule has 202 valence electrons. The van der Waals surface area contributed by atoms with Gasteiger partial charge in [0, 0.05) is 61.3 Å². The van der Waals surface area contributed by atoms with Gasteiger partial charge in [0.05, 0.1) is 23.6 Å². The van der Waals surface area contributed by atoms with Crippen molar-refractivity contribution in [3.63, 3.8) is 0 Å². The Kier molecular flexibility index (Phi) is 7.22. The lowest BCUT2D eigenvalue weighted by atomic mass is 9.97. The van der Waals surface area contributed by atoms with Crippen LogP contribution in [0.1, 0.15) is 41.8 Å². The first-order valence-electron chi connectivity index (χ1n) is 13.1. The van der Waals surface area contributed by atoms with Crippen molar-refractivity contribution < 1.29 is 22.7 Å². The van der Waals surface area contributed by atoms with E-state index < -0.39 is 11.7 Å². The molecule has 1 aromatic heterocycles. The van der Waals surface area contributed by atoms with Gasteiger partial charge in [-0.05, 0) is 68.7 Å². The summed E-state index contributed by atoms with van der Waals surface area (Å²) in [6.45, 7) is 9.26. The predicted molar refractivity (Wildman–Crippen MR) is 142 cm³/mol. The first kappa shape index (κ1) is 26.3. The van der Waals surface area contributed by atoms with Gasteiger partial charge in [-0.3, -0.25) is 9.78 Å². The van der Waals surface area contributed by atoms with Gasteiger partial charge in [0.1, 0.15) is 0 Å². The van der Waals surface area contributed by atoms with E-state index in [0.717, 1.165) is 53.5 Å². The third kappa shape index (κ3) is 5.29. The van der Waals surface area contributed by atoms with Crippen LogP contribution in [-0.2, 0) is 15.7 Å². The average Bonchev–Trinajstić information content (AvgIpc) is 3.42. The maximum Gasteiger partial charge on any atom is 0.416 e. The van der Waals surface area contributed by atoms with Gasteiger partial charge in [-0.15, -0.1) is 0 Å². The molecule has 2 aliphatic rings. The molecule has 5 rings (SSSR count). The lowest BCUT2D eigenvalue weighted by Gasteiger charge is -2.37. The topological polar surface area (TPSA) is 57.7 Å². The Morgan fingerprint density at radius 2 is 1.87 bits per heavy atom. The van der Waals surface area contributed by atoms with Crippen LogP contribution >= 0.6 is 0 Å². The smallest absolute Gasteiger partial charge is 0.381 e. The minimum atomic E-state index is -4.39. The second kappa shape index (κ2) is 10.4. The molecule has 2 saturated heterocycles. The zero-order chi connectivity index (χ0) is 27.0. The molecule has 0 radical (unpaired) electrons. The molecule has 0 saturated carbocycles. The van der Waals surface area contributed by atoms with Crippen LogP contribution < -0.4 is 10.2 Å². The number of pyridine rings is 1. The lowest BCUT2D eigenvalue weighted by Crippen LogP contribution is -2.50. The summed E-state index contributed by atoms with van der Waals surface area (Å²) in [6, 6.07) is 12.0. The number of ether oxygens (including phenoxy) is 1. The van der Waals surface area contributed by atoms with Crippen molar-refractivity contribution in [2.24, 2.45) is 5.92 Å². The van der Waals surface area contributed by atoms with Crippen molar-refractivity contribution >= 4 is 28.2 Å². The number of anilines is 2. The van der Waals surface area contributed by atoms with Gasteiger partial charge in [0.15, 0.2) is 0 Å². The molecule has 3 heterocycles.